The standard InChI is InChI=1S/C19H30N2O5S/c1-6-24-15-9-8-14(12-16(15)25-7-2)21-17(22)13-27-11-10-20-18(23)26-19(3,4)5/h8-9,12H,6-7,10-11,13H2,1-5H3,(H,20,23)(H,21,22). The van der Waals surface area contributed by atoms with Gasteiger partial charge >= 0.3 is 6.09 Å². The van der Waals surface area contributed by atoms with Gasteiger partial charge < -0.3 is 24.8 Å². The van der Waals surface area contributed by atoms with Crippen molar-refractivity contribution in [1.29, 1.82) is 0 Å². The molecule has 2 amide bonds. The van der Waals surface area contributed by atoms with Crippen molar-refractivity contribution in [1.82, 2.24) is 5.32 Å². The van der Waals surface area contributed by atoms with E-state index in [2.05, 4.69) is 10.6 Å². The molecule has 27 heavy (non-hydrogen) atoms. The Morgan fingerprint density at radius 2 is 1.74 bits per heavy atom. The number of anilines is 1. The van der Waals surface area contributed by atoms with Gasteiger partial charge in [-0.05, 0) is 46.8 Å². The zero-order valence-electron chi connectivity index (χ0n) is 16.7. The van der Waals surface area contributed by atoms with Crippen molar-refractivity contribution in [3.8, 4) is 11.5 Å². The topological polar surface area (TPSA) is 85.9 Å². The van der Waals surface area contributed by atoms with Crippen LogP contribution in [0.3, 0.4) is 0 Å². The summed E-state index contributed by atoms with van der Waals surface area (Å²) in [6, 6.07) is 5.31. The van der Waals surface area contributed by atoms with Crippen LogP contribution in [0.1, 0.15) is 34.6 Å². The predicted molar refractivity (Wildman–Crippen MR) is 109 cm³/mol. The molecule has 0 aliphatic heterocycles. The van der Waals surface area contributed by atoms with E-state index in [0.717, 1.165) is 0 Å². The van der Waals surface area contributed by atoms with Gasteiger partial charge in [-0.2, -0.15) is 11.8 Å². The summed E-state index contributed by atoms with van der Waals surface area (Å²) in [5.74, 6) is 2.03. The van der Waals surface area contributed by atoms with Gasteiger partial charge in [0.05, 0.1) is 19.0 Å². The molecule has 0 heterocycles. The van der Waals surface area contributed by atoms with Crippen LogP contribution >= 0.6 is 11.8 Å². The number of thioether (sulfide) groups is 1. The third kappa shape index (κ3) is 9.98. The van der Waals surface area contributed by atoms with E-state index in [1.54, 1.807) is 18.2 Å². The van der Waals surface area contributed by atoms with E-state index >= 15 is 0 Å². The average molecular weight is 399 g/mol. The highest BCUT2D eigenvalue weighted by Gasteiger charge is 2.15. The van der Waals surface area contributed by atoms with Crippen LogP contribution in [0.2, 0.25) is 0 Å². The van der Waals surface area contributed by atoms with Crippen LogP contribution in [0.4, 0.5) is 10.5 Å². The first-order chi connectivity index (χ1) is 12.7. The van der Waals surface area contributed by atoms with Crippen molar-refractivity contribution in [2.24, 2.45) is 0 Å². The van der Waals surface area contributed by atoms with Gasteiger partial charge in [0, 0.05) is 24.1 Å². The van der Waals surface area contributed by atoms with Crippen molar-refractivity contribution in [2.75, 3.05) is 36.6 Å². The number of carbonyl (C=O) groups excluding carboxylic acids is 2. The van der Waals surface area contributed by atoms with Crippen LogP contribution in [-0.4, -0.2) is 48.9 Å². The smallest absolute Gasteiger partial charge is 0.407 e. The van der Waals surface area contributed by atoms with Gasteiger partial charge in [-0.3, -0.25) is 4.79 Å². The quantitative estimate of drug-likeness (QED) is 0.585. The van der Waals surface area contributed by atoms with Crippen molar-refractivity contribution < 1.29 is 23.8 Å². The summed E-state index contributed by atoms with van der Waals surface area (Å²) in [5, 5.41) is 5.49. The van der Waals surface area contributed by atoms with Gasteiger partial charge in [-0.15, -0.1) is 0 Å². The van der Waals surface area contributed by atoms with Gasteiger partial charge in [0.1, 0.15) is 5.60 Å². The number of carbonyl (C=O) groups is 2. The zero-order chi connectivity index (χ0) is 20.3. The molecule has 0 spiro atoms. The molecule has 0 unspecified atom stereocenters. The van der Waals surface area contributed by atoms with E-state index in [9.17, 15) is 9.59 Å². The normalized spacial score (nSPS) is 10.9. The number of nitrogens with one attached hydrogen (secondary N) is 2. The van der Waals surface area contributed by atoms with E-state index in [4.69, 9.17) is 14.2 Å². The summed E-state index contributed by atoms with van der Waals surface area (Å²) < 4.78 is 16.2. The Hall–Kier alpha value is -2.09. The number of alkyl carbamates (subject to hydrolysis) is 1. The maximum Gasteiger partial charge on any atom is 0.407 e. The first kappa shape index (κ1) is 23.0. The fraction of sp³-hybridized carbons (Fsp3) is 0.579. The summed E-state index contributed by atoms with van der Waals surface area (Å²) in [4.78, 5) is 23.6. The lowest BCUT2D eigenvalue weighted by Gasteiger charge is -2.19. The van der Waals surface area contributed by atoms with Gasteiger partial charge in [-0.1, -0.05) is 0 Å². The Balaban J connectivity index is 2.36. The van der Waals surface area contributed by atoms with Gasteiger partial charge in [0.25, 0.3) is 0 Å². The molecule has 0 aliphatic carbocycles. The minimum Gasteiger partial charge on any atom is -0.490 e. The van der Waals surface area contributed by atoms with Crippen molar-refractivity contribution in [3.63, 3.8) is 0 Å². The number of hydrogen-bond donors (Lipinski definition) is 2. The van der Waals surface area contributed by atoms with Gasteiger partial charge in [0.2, 0.25) is 5.91 Å². The molecule has 0 fully saturated rings. The lowest BCUT2D eigenvalue weighted by Crippen LogP contribution is -2.33. The minimum atomic E-state index is -0.519. The predicted octanol–water partition coefficient (Wildman–Crippen LogP) is 3.68. The Morgan fingerprint density at radius 1 is 1.07 bits per heavy atom. The summed E-state index contributed by atoms with van der Waals surface area (Å²) >= 11 is 1.43. The number of benzene rings is 1. The molecule has 0 saturated heterocycles. The molecule has 1 aromatic carbocycles. The number of hydrogen-bond acceptors (Lipinski definition) is 6. The highest BCUT2D eigenvalue weighted by atomic mass is 32.2. The molecule has 0 radical (unpaired) electrons. The molecular weight excluding hydrogens is 368 g/mol. The molecule has 7 nitrogen and oxygen atoms in total. The zero-order valence-corrected chi connectivity index (χ0v) is 17.5. The van der Waals surface area contributed by atoms with E-state index in [-0.39, 0.29) is 11.7 Å². The van der Waals surface area contributed by atoms with Crippen LogP contribution in [0, 0.1) is 0 Å². The molecule has 0 saturated carbocycles. The highest BCUT2D eigenvalue weighted by molar-refractivity contribution is 7.99. The number of rotatable bonds is 10. The molecule has 0 atom stereocenters. The van der Waals surface area contributed by atoms with Gasteiger partial charge in [-0.25, -0.2) is 4.79 Å². The van der Waals surface area contributed by atoms with E-state index in [1.807, 2.05) is 34.6 Å². The lowest BCUT2D eigenvalue weighted by atomic mass is 10.2. The lowest BCUT2D eigenvalue weighted by molar-refractivity contribution is -0.113. The van der Waals surface area contributed by atoms with Crippen LogP contribution in [0.25, 0.3) is 0 Å². The minimum absolute atomic E-state index is 0.121. The van der Waals surface area contributed by atoms with Crippen molar-refractivity contribution >= 4 is 29.4 Å². The molecule has 0 bridgehead atoms. The van der Waals surface area contributed by atoms with E-state index < -0.39 is 11.7 Å². The largest absolute Gasteiger partial charge is 0.490 e. The first-order valence-electron chi connectivity index (χ1n) is 8.99. The van der Waals surface area contributed by atoms with Crippen LogP contribution in [0.5, 0.6) is 11.5 Å². The van der Waals surface area contributed by atoms with Crippen LogP contribution < -0.4 is 20.1 Å². The molecule has 8 heteroatoms. The van der Waals surface area contributed by atoms with E-state index in [0.29, 0.717) is 42.7 Å². The molecular formula is C19H30N2O5S. The summed E-state index contributed by atoms with van der Waals surface area (Å²) in [6.45, 7) is 10.7. The number of ether oxygens (including phenoxy) is 3. The Morgan fingerprint density at radius 3 is 2.37 bits per heavy atom. The maximum absolute atomic E-state index is 12.1. The fourth-order valence-electron chi connectivity index (χ4n) is 2.03. The monoisotopic (exact) mass is 398 g/mol. The molecule has 0 aromatic heterocycles. The Labute approximate surface area is 165 Å². The molecule has 152 valence electrons. The Kier molecular flexibility index (Phi) is 9.85. The van der Waals surface area contributed by atoms with Crippen molar-refractivity contribution in [3.05, 3.63) is 18.2 Å². The highest BCUT2D eigenvalue weighted by Crippen LogP contribution is 2.30. The van der Waals surface area contributed by atoms with Crippen molar-refractivity contribution in [2.45, 2.75) is 40.2 Å². The second kappa shape index (κ2) is 11.6. The van der Waals surface area contributed by atoms with Gasteiger partial charge in [0.15, 0.2) is 11.5 Å². The molecule has 1 aromatic rings. The summed E-state index contributed by atoms with van der Waals surface area (Å²) in [5.41, 5.74) is 0.134. The molecule has 1 rings (SSSR count). The molecule has 2 N–H and O–H groups in total. The second-order valence-electron chi connectivity index (χ2n) is 6.56. The third-order valence-electron chi connectivity index (χ3n) is 2.97. The van der Waals surface area contributed by atoms with Crippen LogP contribution in [-0.2, 0) is 9.53 Å². The average Bonchev–Trinajstić information content (AvgIpc) is 2.55. The number of amides is 2. The van der Waals surface area contributed by atoms with Crippen LogP contribution in [0.15, 0.2) is 18.2 Å². The maximum atomic E-state index is 12.1. The second-order valence-corrected chi connectivity index (χ2v) is 7.66. The summed E-state index contributed by atoms with van der Waals surface area (Å²) in [6.07, 6.45) is -0.453. The molecule has 0 aliphatic rings. The van der Waals surface area contributed by atoms with E-state index in [1.165, 1.54) is 11.8 Å². The first-order valence-corrected chi connectivity index (χ1v) is 10.1. The third-order valence-corrected chi connectivity index (χ3v) is 3.93. The SMILES string of the molecule is CCOc1ccc(NC(=O)CSCCNC(=O)OC(C)(C)C)cc1OCC. The Bertz CT molecular complexity index is 617. The summed E-state index contributed by atoms with van der Waals surface area (Å²) in [7, 11) is 0. The fourth-order valence-corrected chi connectivity index (χ4v) is 2.68.